The number of hydrogen-bond donors (Lipinski definition) is 5. The van der Waals surface area contributed by atoms with Crippen LogP contribution >= 0.6 is 11.3 Å². The number of hydrogen-bond acceptors (Lipinski definition) is 8. The first-order valence-electron chi connectivity index (χ1n) is 11.6. The van der Waals surface area contributed by atoms with Gasteiger partial charge in [-0.05, 0) is 50.4 Å². The molecule has 1 unspecified atom stereocenters. The van der Waals surface area contributed by atoms with Crippen LogP contribution in [-0.4, -0.2) is 60.8 Å². The van der Waals surface area contributed by atoms with Gasteiger partial charge < -0.3 is 20.7 Å². The summed E-state index contributed by atoms with van der Waals surface area (Å²) in [5, 5.41) is 21.4. The normalized spacial score (nSPS) is 19.1. The summed E-state index contributed by atoms with van der Waals surface area (Å²) >= 11 is 1.38. The molecule has 4 aromatic rings. The number of nitrogens with zero attached hydrogens (tertiary/aromatic N) is 4. The molecular formula is C23H24N8O3S. The number of thiophene rings is 1. The summed E-state index contributed by atoms with van der Waals surface area (Å²) in [4.78, 5) is 40.1. The molecule has 4 aromatic heterocycles. The van der Waals surface area contributed by atoms with Gasteiger partial charge in [0.05, 0.1) is 27.7 Å². The van der Waals surface area contributed by atoms with Crippen LogP contribution in [0.4, 0.5) is 0 Å². The zero-order valence-electron chi connectivity index (χ0n) is 18.7. The average molecular weight is 493 g/mol. The summed E-state index contributed by atoms with van der Waals surface area (Å²) in [5.41, 5.74) is 1.63. The first-order chi connectivity index (χ1) is 17.0. The Kier molecular flexibility index (Phi) is 5.46. The summed E-state index contributed by atoms with van der Waals surface area (Å²) in [7, 11) is 0. The van der Waals surface area contributed by atoms with Crippen LogP contribution < -0.4 is 27.0 Å². The van der Waals surface area contributed by atoms with Crippen molar-refractivity contribution >= 4 is 29.0 Å². The van der Waals surface area contributed by atoms with E-state index in [0.29, 0.717) is 39.5 Å². The fraction of sp³-hybridized carbons (Fsp3) is 0.348. The van der Waals surface area contributed by atoms with Crippen LogP contribution in [0, 0.1) is 0 Å². The van der Waals surface area contributed by atoms with Gasteiger partial charge in [-0.2, -0.15) is 9.61 Å². The van der Waals surface area contributed by atoms with Gasteiger partial charge in [0, 0.05) is 23.9 Å². The monoisotopic (exact) mass is 492 g/mol. The van der Waals surface area contributed by atoms with E-state index in [1.54, 1.807) is 16.8 Å². The van der Waals surface area contributed by atoms with E-state index >= 15 is 0 Å². The standard InChI is InChI=1S/C23H24N8O3S/c32-21-16(29-23(34)30-21)8-12-10-26-31-19(27-13-3-4-13)9-15(28-20(12)31)17-5-6-18(35-17)22(33)25-11-14-2-1-7-24-14/h5-6,8-10,13-14,24,32H,1-4,7,11H2,(H,25,33)(H2,29,30,34)/b12-8-,27-19?. The number of amides is 1. The molecule has 1 aliphatic heterocycles. The highest BCUT2D eigenvalue weighted by Gasteiger charge is 2.21. The van der Waals surface area contributed by atoms with Crippen molar-refractivity contribution < 1.29 is 9.90 Å². The van der Waals surface area contributed by atoms with Gasteiger partial charge in [-0.3, -0.25) is 14.8 Å². The van der Waals surface area contributed by atoms with E-state index in [4.69, 9.17) is 9.98 Å². The maximum atomic E-state index is 12.7. The lowest BCUT2D eigenvalue weighted by Crippen LogP contribution is -2.36. The molecule has 5 N–H and O–H groups in total. The molecule has 0 spiro atoms. The molecule has 12 heteroatoms. The third-order valence-electron chi connectivity index (χ3n) is 6.13. The van der Waals surface area contributed by atoms with Gasteiger partial charge in [0.2, 0.25) is 5.88 Å². The molecule has 1 amide bonds. The number of fused-ring (bicyclic) bond motifs is 1. The number of carbonyl (C=O) groups is 1. The second-order valence-electron chi connectivity index (χ2n) is 8.85. The predicted molar refractivity (Wildman–Crippen MR) is 130 cm³/mol. The first kappa shape index (κ1) is 21.7. The number of H-pyrrole nitrogens is 2. The van der Waals surface area contributed by atoms with Crippen molar-refractivity contribution in [1.29, 1.82) is 0 Å². The molecule has 6 rings (SSSR count). The molecule has 11 nitrogen and oxygen atoms in total. The fourth-order valence-electron chi connectivity index (χ4n) is 4.15. The molecule has 1 aliphatic carbocycles. The van der Waals surface area contributed by atoms with Crippen molar-refractivity contribution in [2.75, 3.05) is 13.1 Å². The summed E-state index contributed by atoms with van der Waals surface area (Å²) in [6.07, 6.45) is 7.52. The number of aromatic hydroxyl groups is 1. The molecule has 0 radical (unpaired) electrons. The van der Waals surface area contributed by atoms with Crippen molar-refractivity contribution in [1.82, 2.24) is 35.2 Å². The smallest absolute Gasteiger partial charge is 0.326 e. The van der Waals surface area contributed by atoms with Crippen LogP contribution in [0.25, 0.3) is 22.3 Å². The van der Waals surface area contributed by atoms with Crippen molar-refractivity contribution in [2.45, 2.75) is 37.8 Å². The summed E-state index contributed by atoms with van der Waals surface area (Å²) in [6, 6.07) is 6.19. The first-order valence-corrected chi connectivity index (χ1v) is 12.4. The Balaban J connectivity index is 1.38. The Morgan fingerprint density at radius 1 is 1.31 bits per heavy atom. The quantitative estimate of drug-likeness (QED) is 0.261. The van der Waals surface area contributed by atoms with E-state index in [1.807, 2.05) is 18.2 Å². The van der Waals surface area contributed by atoms with E-state index < -0.39 is 5.69 Å². The van der Waals surface area contributed by atoms with Gasteiger partial charge in [0.1, 0.15) is 5.69 Å². The van der Waals surface area contributed by atoms with Crippen LogP contribution in [-0.2, 0) is 0 Å². The van der Waals surface area contributed by atoms with Crippen molar-refractivity contribution in [3.05, 3.63) is 56.2 Å². The molecule has 2 aliphatic rings. The Labute approximate surface area is 202 Å². The zero-order chi connectivity index (χ0) is 23.9. The topological polar surface area (TPSA) is 153 Å². The van der Waals surface area contributed by atoms with E-state index in [2.05, 4.69) is 25.7 Å². The maximum absolute atomic E-state index is 12.7. The third-order valence-corrected chi connectivity index (χ3v) is 7.24. The molecule has 1 saturated heterocycles. The number of rotatable bonds is 6. The molecule has 0 bridgehead atoms. The third kappa shape index (κ3) is 4.49. The van der Waals surface area contributed by atoms with Gasteiger partial charge >= 0.3 is 5.69 Å². The second-order valence-corrected chi connectivity index (χ2v) is 9.93. The largest absolute Gasteiger partial charge is 0.493 e. The second kappa shape index (κ2) is 8.78. The van der Waals surface area contributed by atoms with E-state index in [1.165, 1.54) is 11.3 Å². The van der Waals surface area contributed by atoms with Crippen LogP contribution in [0.3, 0.4) is 0 Å². The van der Waals surface area contributed by atoms with E-state index in [0.717, 1.165) is 37.1 Å². The Bertz CT molecular complexity index is 1590. The summed E-state index contributed by atoms with van der Waals surface area (Å²) in [5.74, 6) is -0.348. The molecule has 1 saturated carbocycles. The SMILES string of the molecule is O=C(NCC1CCCN1)c1ccc(-c2cc(=NC3CC3)n3nc/c(=C/c4[nH]c(=O)[nH]c4O)c3n2)s1. The minimum atomic E-state index is -0.503. The summed E-state index contributed by atoms with van der Waals surface area (Å²) in [6.45, 7) is 1.61. The molecule has 35 heavy (non-hydrogen) atoms. The Hall–Kier alpha value is -3.77. The fourth-order valence-corrected chi connectivity index (χ4v) is 5.04. The van der Waals surface area contributed by atoms with Gasteiger partial charge in [-0.25, -0.2) is 9.78 Å². The molecule has 5 heterocycles. The van der Waals surface area contributed by atoms with E-state index in [9.17, 15) is 14.7 Å². The van der Waals surface area contributed by atoms with Crippen molar-refractivity contribution in [2.24, 2.45) is 4.99 Å². The summed E-state index contributed by atoms with van der Waals surface area (Å²) < 4.78 is 1.66. The van der Waals surface area contributed by atoms with Crippen molar-refractivity contribution in [3.63, 3.8) is 0 Å². The predicted octanol–water partition coefficient (Wildman–Crippen LogP) is 0.272. The minimum Gasteiger partial charge on any atom is -0.493 e. The number of nitrogens with one attached hydrogen (secondary N) is 4. The number of aromatic amines is 2. The average Bonchev–Trinajstić information content (AvgIpc) is 3.28. The van der Waals surface area contributed by atoms with Crippen LogP contribution in [0.1, 0.15) is 41.0 Å². The van der Waals surface area contributed by atoms with Crippen LogP contribution in [0.5, 0.6) is 5.88 Å². The highest BCUT2D eigenvalue weighted by Crippen LogP contribution is 2.27. The number of imidazole rings is 1. The van der Waals surface area contributed by atoms with Gasteiger partial charge in [0.25, 0.3) is 5.91 Å². The Morgan fingerprint density at radius 2 is 2.20 bits per heavy atom. The lowest BCUT2D eigenvalue weighted by atomic mass is 10.2. The zero-order valence-corrected chi connectivity index (χ0v) is 19.6. The number of carbonyl (C=O) groups excluding carboxylic acids is 1. The maximum Gasteiger partial charge on any atom is 0.326 e. The van der Waals surface area contributed by atoms with Crippen LogP contribution in [0.15, 0.2) is 34.2 Å². The minimum absolute atomic E-state index is 0.0934. The molecule has 1 atom stereocenters. The lowest BCUT2D eigenvalue weighted by Gasteiger charge is -2.10. The van der Waals surface area contributed by atoms with Gasteiger partial charge in [-0.1, -0.05) is 0 Å². The number of aromatic nitrogens is 5. The molecule has 180 valence electrons. The Morgan fingerprint density at radius 3 is 2.94 bits per heavy atom. The van der Waals surface area contributed by atoms with Gasteiger partial charge in [-0.15, -0.1) is 11.3 Å². The highest BCUT2D eigenvalue weighted by atomic mass is 32.1. The lowest BCUT2D eigenvalue weighted by molar-refractivity contribution is 0.0954. The molecular weight excluding hydrogens is 468 g/mol. The van der Waals surface area contributed by atoms with Crippen LogP contribution in [0.2, 0.25) is 0 Å². The molecule has 0 aromatic carbocycles. The van der Waals surface area contributed by atoms with Gasteiger partial charge in [0.15, 0.2) is 11.1 Å². The highest BCUT2D eigenvalue weighted by molar-refractivity contribution is 7.17. The van der Waals surface area contributed by atoms with E-state index in [-0.39, 0.29) is 23.5 Å². The molecule has 2 fully saturated rings. The van der Waals surface area contributed by atoms with Crippen molar-refractivity contribution in [3.8, 4) is 16.5 Å².